The Labute approximate surface area is 152 Å². The Kier molecular flexibility index (Phi) is 4.47. The van der Waals surface area contributed by atoms with Gasteiger partial charge >= 0.3 is 0 Å². The number of nitrogens with one attached hydrogen (secondary N) is 2. The molecule has 3 unspecified atom stereocenters. The summed E-state index contributed by atoms with van der Waals surface area (Å²) in [5.74, 6) is 1.75. The Bertz CT molecular complexity index is 831. The topological polar surface area (TPSA) is 67.4 Å². The molecule has 0 radical (unpaired) electrons. The largest absolute Gasteiger partial charge is 0.457 e. The smallest absolute Gasteiger partial charge is 0.251 e. The maximum absolute atomic E-state index is 12.5. The van der Waals surface area contributed by atoms with Crippen molar-refractivity contribution in [2.75, 3.05) is 6.54 Å². The minimum absolute atomic E-state index is 0.00159. The molecule has 26 heavy (non-hydrogen) atoms. The number of benzene rings is 2. The van der Waals surface area contributed by atoms with Gasteiger partial charge in [0.05, 0.1) is 0 Å². The van der Waals surface area contributed by atoms with E-state index >= 15 is 0 Å². The Hall–Kier alpha value is -2.66. The fourth-order valence-corrected chi connectivity index (χ4v) is 3.85. The Morgan fingerprint density at radius 1 is 1.04 bits per heavy atom. The van der Waals surface area contributed by atoms with Crippen molar-refractivity contribution >= 4 is 11.7 Å². The van der Waals surface area contributed by atoms with Crippen LogP contribution in [0.3, 0.4) is 0 Å². The summed E-state index contributed by atoms with van der Waals surface area (Å²) >= 11 is 0. The first-order chi connectivity index (χ1) is 12.6. The van der Waals surface area contributed by atoms with Crippen molar-refractivity contribution in [2.24, 2.45) is 5.92 Å². The number of hydrogen-bond donors (Lipinski definition) is 2. The minimum atomic E-state index is -0.0346. The van der Waals surface area contributed by atoms with Crippen LogP contribution in [0.2, 0.25) is 0 Å². The number of hydrogen-bond acceptors (Lipinski definition) is 4. The Morgan fingerprint density at radius 3 is 2.50 bits per heavy atom. The van der Waals surface area contributed by atoms with Gasteiger partial charge in [0.1, 0.15) is 11.5 Å². The first-order valence-electron chi connectivity index (χ1n) is 9.01. The normalized spacial score (nSPS) is 23.7. The predicted octanol–water partition coefficient (Wildman–Crippen LogP) is 3.16. The van der Waals surface area contributed by atoms with Gasteiger partial charge in [-0.25, -0.2) is 0 Å². The highest BCUT2D eigenvalue weighted by atomic mass is 16.5. The minimum Gasteiger partial charge on any atom is -0.457 e. The first-order valence-corrected chi connectivity index (χ1v) is 9.01. The summed E-state index contributed by atoms with van der Waals surface area (Å²) in [5.41, 5.74) is 1.24. The van der Waals surface area contributed by atoms with Crippen LogP contribution in [-0.2, 0) is 0 Å². The van der Waals surface area contributed by atoms with Gasteiger partial charge in [0.2, 0.25) is 0 Å². The number of carbonyl (C=O) groups is 2. The van der Waals surface area contributed by atoms with Gasteiger partial charge < -0.3 is 15.4 Å². The second-order valence-electron chi connectivity index (χ2n) is 7.13. The summed E-state index contributed by atoms with van der Waals surface area (Å²) < 4.78 is 5.79. The Morgan fingerprint density at radius 2 is 1.85 bits per heavy atom. The lowest BCUT2D eigenvalue weighted by atomic mass is 10.0. The molecule has 2 bridgehead atoms. The van der Waals surface area contributed by atoms with Crippen molar-refractivity contribution in [3.8, 4) is 11.5 Å². The van der Waals surface area contributed by atoms with E-state index in [9.17, 15) is 9.59 Å². The lowest BCUT2D eigenvalue weighted by molar-refractivity contribution is 0.0924. The van der Waals surface area contributed by atoms with E-state index in [2.05, 4.69) is 10.6 Å². The molecule has 1 saturated carbocycles. The molecular formula is C21H22N2O3. The van der Waals surface area contributed by atoms with Gasteiger partial charge in [0.25, 0.3) is 5.91 Å². The fourth-order valence-electron chi connectivity index (χ4n) is 3.85. The van der Waals surface area contributed by atoms with Crippen LogP contribution in [0.4, 0.5) is 0 Å². The summed E-state index contributed by atoms with van der Waals surface area (Å²) in [6.45, 7) is 2.53. The average Bonchev–Trinajstić information content (AvgIpc) is 3.25. The second-order valence-corrected chi connectivity index (χ2v) is 7.13. The molecule has 2 aromatic carbocycles. The van der Waals surface area contributed by atoms with Crippen LogP contribution in [0.1, 0.15) is 40.5 Å². The van der Waals surface area contributed by atoms with Crippen molar-refractivity contribution in [3.05, 3.63) is 59.7 Å². The van der Waals surface area contributed by atoms with Crippen molar-refractivity contribution in [1.82, 2.24) is 10.6 Å². The van der Waals surface area contributed by atoms with E-state index in [1.54, 1.807) is 48.5 Å². The number of fused-ring (bicyclic) bond motifs is 2. The molecule has 1 aliphatic carbocycles. The predicted molar refractivity (Wildman–Crippen MR) is 98.7 cm³/mol. The van der Waals surface area contributed by atoms with Crippen LogP contribution >= 0.6 is 0 Å². The molecule has 2 aliphatic rings. The molecule has 4 rings (SSSR count). The summed E-state index contributed by atoms with van der Waals surface area (Å²) in [5, 5.41) is 6.61. The van der Waals surface area contributed by atoms with E-state index in [1.165, 1.54) is 6.92 Å². The lowest BCUT2D eigenvalue weighted by Gasteiger charge is -2.23. The number of carbonyl (C=O) groups excluding carboxylic acids is 2. The van der Waals surface area contributed by atoms with E-state index in [0.717, 1.165) is 19.4 Å². The van der Waals surface area contributed by atoms with Gasteiger partial charge in [-0.1, -0.05) is 12.1 Å². The van der Waals surface area contributed by atoms with Gasteiger partial charge in [-0.15, -0.1) is 0 Å². The zero-order valence-corrected chi connectivity index (χ0v) is 14.7. The molecule has 0 spiro atoms. The molecule has 134 valence electrons. The number of ketones is 1. The SMILES string of the molecule is CC(=O)c1cccc(Oc2ccc(C(=O)NC3CC4CC3CN4)cc2)c1. The summed E-state index contributed by atoms with van der Waals surface area (Å²) in [4.78, 5) is 23.9. The molecule has 2 N–H and O–H groups in total. The molecule has 1 aliphatic heterocycles. The van der Waals surface area contributed by atoms with Crippen molar-refractivity contribution < 1.29 is 14.3 Å². The molecule has 3 atom stereocenters. The van der Waals surface area contributed by atoms with Gasteiger partial charge in [-0.3, -0.25) is 9.59 Å². The molecule has 1 saturated heterocycles. The van der Waals surface area contributed by atoms with Gasteiger partial charge in [0.15, 0.2) is 5.78 Å². The van der Waals surface area contributed by atoms with Crippen LogP contribution in [0, 0.1) is 5.92 Å². The van der Waals surface area contributed by atoms with E-state index in [-0.39, 0.29) is 17.7 Å². The fraction of sp³-hybridized carbons (Fsp3) is 0.333. The third kappa shape index (κ3) is 3.48. The van der Waals surface area contributed by atoms with Crippen molar-refractivity contribution in [1.29, 1.82) is 0 Å². The maximum Gasteiger partial charge on any atom is 0.251 e. The van der Waals surface area contributed by atoms with Gasteiger partial charge in [0, 0.05) is 29.8 Å². The average molecular weight is 350 g/mol. The molecular weight excluding hydrogens is 328 g/mol. The van der Waals surface area contributed by atoms with Gasteiger partial charge in [-0.2, -0.15) is 0 Å². The molecule has 1 heterocycles. The van der Waals surface area contributed by atoms with Crippen LogP contribution in [-0.4, -0.2) is 30.3 Å². The molecule has 2 aromatic rings. The monoisotopic (exact) mass is 350 g/mol. The standard InChI is InChI=1S/C21H22N2O3/c1-13(24)15-3-2-4-19(10-15)26-18-7-5-14(6-8-18)21(25)23-20-11-17-9-16(20)12-22-17/h2-8,10,16-17,20,22H,9,11-12H2,1H3,(H,23,25). The quantitative estimate of drug-likeness (QED) is 0.813. The zero-order valence-electron chi connectivity index (χ0n) is 14.7. The van der Waals surface area contributed by atoms with Crippen LogP contribution in [0.25, 0.3) is 0 Å². The summed E-state index contributed by atoms with van der Waals surface area (Å²) in [7, 11) is 0. The van der Waals surface area contributed by atoms with Crippen LogP contribution < -0.4 is 15.4 Å². The molecule has 2 fully saturated rings. The van der Waals surface area contributed by atoms with E-state index in [4.69, 9.17) is 4.74 Å². The van der Waals surface area contributed by atoms with Gasteiger partial charge in [-0.05, 0) is 62.1 Å². The lowest BCUT2D eigenvalue weighted by Crippen LogP contribution is -2.44. The highest BCUT2D eigenvalue weighted by Gasteiger charge is 2.40. The molecule has 5 heteroatoms. The second kappa shape index (κ2) is 6.92. The number of rotatable bonds is 5. The third-order valence-electron chi connectivity index (χ3n) is 5.27. The number of ether oxygens (including phenoxy) is 1. The van der Waals surface area contributed by atoms with E-state index < -0.39 is 0 Å². The van der Waals surface area contributed by atoms with E-state index in [1.807, 2.05) is 0 Å². The van der Waals surface area contributed by atoms with Crippen LogP contribution in [0.15, 0.2) is 48.5 Å². The maximum atomic E-state index is 12.5. The van der Waals surface area contributed by atoms with Crippen LogP contribution in [0.5, 0.6) is 11.5 Å². The zero-order chi connectivity index (χ0) is 18.1. The number of Topliss-reactive ketones (excluding diaryl/α,β-unsaturated/α-hetero) is 1. The third-order valence-corrected chi connectivity index (χ3v) is 5.27. The number of amides is 1. The summed E-state index contributed by atoms with van der Waals surface area (Å²) in [6, 6.07) is 15.0. The van der Waals surface area contributed by atoms with Crippen molar-refractivity contribution in [3.63, 3.8) is 0 Å². The van der Waals surface area contributed by atoms with Crippen molar-refractivity contribution in [2.45, 2.75) is 31.8 Å². The van der Waals surface area contributed by atoms with E-state index in [0.29, 0.717) is 34.6 Å². The highest BCUT2D eigenvalue weighted by Crippen LogP contribution is 2.31. The summed E-state index contributed by atoms with van der Waals surface area (Å²) in [6.07, 6.45) is 2.18. The highest BCUT2D eigenvalue weighted by molar-refractivity contribution is 5.95. The first kappa shape index (κ1) is 16.8. The molecule has 1 amide bonds. The Balaban J connectivity index is 1.39. The number of piperidine rings is 1. The molecule has 0 aromatic heterocycles. The molecule has 5 nitrogen and oxygen atoms in total.